The zero-order valence-corrected chi connectivity index (χ0v) is 17.5. The lowest BCUT2D eigenvalue weighted by Crippen LogP contribution is -2.42. The molecule has 1 aliphatic carbocycles. The molecule has 2 heteroatoms. The van der Waals surface area contributed by atoms with E-state index in [1.165, 1.54) is 68.3 Å². The van der Waals surface area contributed by atoms with Gasteiger partial charge in [0.1, 0.15) is 0 Å². The van der Waals surface area contributed by atoms with Gasteiger partial charge in [0, 0.05) is 19.1 Å². The molecule has 1 heterocycles. The molecule has 0 amide bonds. The van der Waals surface area contributed by atoms with Crippen LogP contribution in [0, 0.1) is 0 Å². The lowest BCUT2D eigenvalue weighted by molar-refractivity contribution is 0.0116. The van der Waals surface area contributed by atoms with Crippen molar-refractivity contribution < 1.29 is 4.74 Å². The molecule has 1 saturated heterocycles. The lowest BCUT2D eigenvalue weighted by atomic mass is 10.0. The third kappa shape index (κ3) is 6.55. The van der Waals surface area contributed by atoms with Gasteiger partial charge in [0.25, 0.3) is 0 Å². The van der Waals surface area contributed by atoms with E-state index in [9.17, 15) is 0 Å². The van der Waals surface area contributed by atoms with Crippen LogP contribution in [-0.4, -0.2) is 36.7 Å². The van der Waals surface area contributed by atoms with Gasteiger partial charge in [-0.3, -0.25) is 0 Å². The number of hydrogen-bond donors (Lipinski definition) is 0. The third-order valence-corrected chi connectivity index (χ3v) is 5.99. The number of ether oxygens (including phenoxy) is 1. The van der Waals surface area contributed by atoms with Crippen molar-refractivity contribution in [3.8, 4) is 0 Å². The molecule has 0 bridgehead atoms. The summed E-state index contributed by atoms with van der Waals surface area (Å²) < 4.78 is 6.12. The Labute approximate surface area is 161 Å². The first-order valence-corrected chi connectivity index (χ1v) is 10.7. The molecule has 0 radical (unpaired) electrons. The van der Waals surface area contributed by atoms with Crippen molar-refractivity contribution in [2.24, 2.45) is 0 Å². The van der Waals surface area contributed by atoms with E-state index in [2.05, 4.69) is 63.0 Å². The van der Waals surface area contributed by atoms with Crippen molar-refractivity contribution >= 4 is 0 Å². The summed E-state index contributed by atoms with van der Waals surface area (Å²) in [4.78, 5) is 2.71. The van der Waals surface area contributed by atoms with E-state index in [4.69, 9.17) is 4.74 Å². The average Bonchev–Trinajstić information content (AvgIpc) is 3.21. The highest BCUT2D eigenvalue weighted by Crippen LogP contribution is 2.26. The highest BCUT2D eigenvalue weighted by molar-refractivity contribution is 5.41. The second-order valence-corrected chi connectivity index (χ2v) is 7.70. The van der Waals surface area contributed by atoms with Crippen LogP contribution >= 0.6 is 0 Å². The van der Waals surface area contributed by atoms with Gasteiger partial charge in [-0.25, -0.2) is 0 Å². The van der Waals surface area contributed by atoms with E-state index in [0.29, 0.717) is 6.10 Å². The van der Waals surface area contributed by atoms with Gasteiger partial charge in [0.15, 0.2) is 0 Å². The monoisotopic (exact) mass is 357 g/mol. The summed E-state index contributed by atoms with van der Waals surface area (Å²) in [5.74, 6) is 0. The van der Waals surface area contributed by atoms with E-state index in [0.717, 1.165) is 19.1 Å². The summed E-state index contributed by atoms with van der Waals surface area (Å²) in [6.45, 7) is 11.8. The van der Waals surface area contributed by atoms with Gasteiger partial charge in [0.05, 0.1) is 12.7 Å². The first kappa shape index (κ1) is 21.2. The first-order valence-electron chi connectivity index (χ1n) is 10.7. The fraction of sp³-hybridized carbons (Fsp3) is 0.667. The number of piperidine rings is 1. The van der Waals surface area contributed by atoms with Gasteiger partial charge >= 0.3 is 0 Å². The summed E-state index contributed by atoms with van der Waals surface area (Å²) in [7, 11) is 0. The van der Waals surface area contributed by atoms with Crippen LogP contribution in [0.1, 0.15) is 72.6 Å². The Hall–Kier alpha value is -1.12. The van der Waals surface area contributed by atoms with Gasteiger partial charge in [-0.05, 0) is 64.0 Å². The minimum absolute atomic E-state index is 0.442. The van der Waals surface area contributed by atoms with Crippen LogP contribution in [-0.2, 0) is 4.74 Å². The van der Waals surface area contributed by atoms with Gasteiger partial charge in [0.2, 0.25) is 0 Å². The number of allylic oxidation sites excluding steroid dienone is 7. The van der Waals surface area contributed by atoms with E-state index in [1.807, 2.05) is 0 Å². The van der Waals surface area contributed by atoms with Gasteiger partial charge in [-0.1, -0.05) is 55.7 Å². The Bertz CT molecular complexity index is 526. The molecule has 0 N–H and O–H groups in total. The highest BCUT2D eigenvalue weighted by atomic mass is 16.5. The fourth-order valence-corrected chi connectivity index (χ4v) is 4.25. The summed E-state index contributed by atoms with van der Waals surface area (Å²) in [6, 6.07) is 0.869. The molecule has 2 rings (SSSR count). The van der Waals surface area contributed by atoms with Crippen molar-refractivity contribution in [1.82, 2.24) is 4.90 Å². The van der Waals surface area contributed by atoms with Crippen molar-refractivity contribution in [3.63, 3.8) is 0 Å². The topological polar surface area (TPSA) is 12.5 Å². The second-order valence-electron chi connectivity index (χ2n) is 7.70. The molecule has 0 aromatic carbocycles. The SMILES string of the molecule is C\C=C(/C=C(C)/C(/C=C\COC1CCN(C2CCCC2)CC1)=C/C)CC. The van der Waals surface area contributed by atoms with Crippen LogP contribution in [0.5, 0.6) is 0 Å². The molecular formula is C24H39NO. The maximum atomic E-state index is 6.12. The van der Waals surface area contributed by atoms with E-state index in [1.54, 1.807) is 0 Å². The molecule has 26 heavy (non-hydrogen) atoms. The van der Waals surface area contributed by atoms with E-state index in [-0.39, 0.29) is 0 Å². The quantitative estimate of drug-likeness (QED) is 0.478. The molecular weight excluding hydrogens is 318 g/mol. The number of nitrogens with zero attached hydrogens (tertiary/aromatic N) is 1. The van der Waals surface area contributed by atoms with Crippen molar-refractivity contribution in [2.45, 2.75) is 84.8 Å². The smallest absolute Gasteiger partial charge is 0.0654 e. The standard InChI is InChI=1S/C24H39NO/c1-5-21(6-2)19-20(4)22(7-3)11-10-18-26-24-14-16-25(17-15-24)23-12-8-9-13-23/h5,7,10-11,19,23-24H,6,8-9,12-18H2,1-4H3/b11-10-,20-19+,21-5-,22-7+. The molecule has 146 valence electrons. The Morgan fingerprint density at radius 3 is 2.31 bits per heavy atom. The first-order chi connectivity index (χ1) is 12.7. The fourth-order valence-electron chi connectivity index (χ4n) is 4.25. The maximum Gasteiger partial charge on any atom is 0.0654 e. The Balaban J connectivity index is 1.73. The van der Waals surface area contributed by atoms with Crippen LogP contribution in [0.3, 0.4) is 0 Å². The van der Waals surface area contributed by atoms with Gasteiger partial charge < -0.3 is 9.64 Å². The van der Waals surface area contributed by atoms with Crippen molar-refractivity contribution in [1.29, 1.82) is 0 Å². The second kappa shape index (κ2) is 11.6. The summed E-state index contributed by atoms with van der Waals surface area (Å²) >= 11 is 0. The molecule has 2 nitrogen and oxygen atoms in total. The van der Waals surface area contributed by atoms with Crippen LogP contribution in [0.15, 0.2) is 47.1 Å². The molecule has 0 spiro atoms. The Morgan fingerprint density at radius 2 is 1.73 bits per heavy atom. The lowest BCUT2D eigenvalue weighted by Gasteiger charge is -2.35. The predicted molar refractivity (Wildman–Crippen MR) is 114 cm³/mol. The van der Waals surface area contributed by atoms with Crippen molar-refractivity contribution in [2.75, 3.05) is 19.7 Å². The zero-order valence-electron chi connectivity index (χ0n) is 17.5. The normalized spacial score (nSPS) is 22.7. The van der Waals surface area contributed by atoms with E-state index < -0.39 is 0 Å². The maximum absolute atomic E-state index is 6.12. The Kier molecular flexibility index (Phi) is 9.42. The van der Waals surface area contributed by atoms with Crippen LogP contribution in [0.25, 0.3) is 0 Å². The third-order valence-electron chi connectivity index (χ3n) is 5.99. The summed E-state index contributed by atoms with van der Waals surface area (Å²) in [6.07, 6.45) is 20.7. The molecule has 0 atom stereocenters. The highest BCUT2D eigenvalue weighted by Gasteiger charge is 2.27. The van der Waals surface area contributed by atoms with Crippen LogP contribution in [0.4, 0.5) is 0 Å². The molecule has 2 fully saturated rings. The predicted octanol–water partition coefficient (Wildman–Crippen LogP) is 6.22. The Morgan fingerprint density at radius 1 is 1.04 bits per heavy atom. The summed E-state index contributed by atoms with van der Waals surface area (Å²) in [5, 5.41) is 0. The number of hydrogen-bond acceptors (Lipinski definition) is 2. The summed E-state index contributed by atoms with van der Waals surface area (Å²) in [5.41, 5.74) is 4.00. The van der Waals surface area contributed by atoms with Gasteiger partial charge in [-0.15, -0.1) is 0 Å². The average molecular weight is 358 g/mol. The molecule has 0 aromatic rings. The van der Waals surface area contributed by atoms with Crippen LogP contribution < -0.4 is 0 Å². The number of rotatable bonds is 8. The molecule has 1 aliphatic heterocycles. The van der Waals surface area contributed by atoms with Crippen LogP contribution in [0.2, 0.25) is 0 Å². The molecule has 0 aromatic heterocycles. The molecule has 0 unspecified atom stereocenters. The number of likely N-dealkylation sites (tertiary alicyclic amines) is 1. The van der Waals surface area contributed by atoms with Gasteiger partial charge in [-0.2, -0.15) is 0 Å². The minimum Gasteiger partial charge on any atom is -0.374 e. The minimum atomic E-state index is 0.442. The van der Waals surface area contributed by atoms with E-state index >= 15 is 0 Å². The molecule has 2 aliphatic rings. The van der Waals surface area contributed by atoms with Crippen molar-refractivity contribution in [3.05, 3.63) is 47.1 Å². The zero-order chi connectivity index (χ0) is 18.8. The largest absolute Gasteiger partial charge is 0.374 e. The molecule has 1 saturated carbocycles.